The molecule has 150 valence electrons. The van der Waals surface area contributed by atoms with E-state index in [4.69, 9.17) is 0 Å². The maximum Gasteiger partial charge on any atom is 0.213 e. The SMILES string of the molecule is C=C[C@H]1CN2CC[C@H]1C[C@@H]2Cc1cc[n+](Cc2ccccc2)c2ccccc12.[Cl-]. The van der Waals surface area contributed by atoms with Crippen molar-refractivity contribution in [3.05, 3.63) is 90.6 Å². The third-order valence-electron chi connectivity index (χ3n) is 6.90. The average molecular weight is 405 g/mol. The highest BCUT2D eigenvalue weighted by Crippen LogP contribution is 2.38. The lowest BCUT2D eigenvalue weighted by Gasteiger charge is -2.49. The van der Waals surface area contributed by atoms with Gasteiger partial charge in [0.1, 0.15) is 0 Å². The van der Waals surface area contributed by atoms with E-state index in [0.717, 1.165) is 18.9 Å². The second-order valence-electron chi connectivity index (χ2n) is 8.51. The predicted octanol–water partition coefficient (Wildman–Crippen LogP) is 1.62. The van der Waals surface area contributed by atoms with E-state index in [9.17, 15) is 0 Å². The van der Waals surface area contributed by atoms with Gasteiger partial charge in [0, 0.05) is 35.7 Å². The fourth-order valence-electron chi connectivity index (χ4n) is 5.35. The van der Waals surface area contributed by atoms with Crippen molar-refractivity contribution in [2.75, 3.05) is 13.1 Å². The molecule has 3 aliphatic heterocycles. The molecule has 0 radical (unpaired) electrons. The van der Waals surface area contributed by atoms with Crippen LogP contribution < -0.4 is 17.0 Å². The second kappa shape index (κ2) is 8.69. The van der Waals surface area contributed by atoms with E-state index < -0.39 is 0 Å². The number of rotatable bonds is 5. The zero-order valence-corrected chi connectivity index (χ0v) is 17.6. The van der Waals surface area contributed by atoms with Crippen LogP contribution in [0, 0.1) is 11.8 Å². The Morgan fingerprint density at radius 2 is 1.83 bits per heavy atom. The summed E-state index contributed by atoms with van der Waals surface area (Å²) in [5, 5.41) is 1.41. The van der Waals surface area contributed by atoms with Crippen LogP contribution in [0.15, 0.2) is 79.5 Å². The molecule has 0 N–H and O–H groups in total. The number of halogens is 1. The molecule has 2 nitrogen and oxygen atoms in total. The van der Waals surface area contributed by atoms with Gasteiger partial charge < -0.3 is 12.4 Å². The van der Waals surface area contributed by atoms with Gasteiger partial charge in [0.15, 0.2) is 12.7 Å². The topological polar surface area (TPSA) is 7.12 Å². The van der Waals surface area contributed by atoms with Gasteiger partial charge in [0.2, 0.25) is 5.52 Å². The Morgan fingerprint density at radius 1 is 1.03 bits per heavy atom. The van der Waals surface area contributed by atoms with E-state index in [1.807, 2.05) is 0 Å². The van der Waals surface area contributed by atoms with Crippen molar-refractivity contribution >= 4 is 10.9 Å². The van der Waals surface area contributed by atoms with Crippen LogP contribution in [-0.4, -0.2) is 24.0 Å². The fourth-order valence-corrected chi connectivity index (χ4v) is 5.35. The molecule has 6 rings (SSSR count). The second-order valence-corrected chi connectivity index (χ2v) is 8.51. The van der Waals surface area contributed by atoms with E-state index in [-0.39, 0.29) is 12.4 Å². The monoisotopic (exact) mass is 404 g/mol. The summed E-state index contributed by atoms with van der Waals surface area (Å²) >= 11 is 0. The Labute approximate surface area is 180 Å². The van der Waals surface area contributed by atoms with Crippen LogP contribution in [0.1, 0.15) is 24.0 Å². The maximum atomic E-state index is 4.07. The molecule has 4 atom stereocenters. The van der Waals surface area contributed by atoms with Crippen molar-refractivity contribution in [2.24, 2.45) is 11.8 Å². The van der Waals surface area contributed by atoms with E-state index in [2.05, 4.69) is 89.0 Å². The van der Waals surface area contributed by atoms with Gasteiger partial charge in [0.25, 0.3) is 0 Å². The van der Waals surface area contributed by atoms with Crippen molar-refractivity contribution in [3.8, 4) is 0 Å². The van der Waals surface area contributed by atoms with Gasteiger partial charge in [-0.1, -0.05) is 48.5 Å². The lowest BCUT2D eigenvalue weighted by molar-refractivity contribution is -0.662. The number of para-hydroxylation sites is 1. The van der Waals surface area contributed by atoms with Crippen LogP contribution in [0.3, 0.4) is 0 Å². The zero-order valence-electron chi connectivity index (χ0n) is 16.9. The summed E-state index contributed by atoms with van der Waals surface area (Å²) in [5.74, 6) is 1.54. The molecule has 3 aromatic rings. The van der Waals surface area contributed by atoms with E-state index in [1.54, 1.807) is 0 Å². The first-order valence-corrected chi connectivity index (χ1v) is 10.6. The van der Waals surface area contributed by atoms with E-state index in [1.165, 1.54) is 48.0 Å². The molecule has 0 saturated carbocycles. The van der Waals surface area contributed by atoms with Crippen molar-refractivity contribution < 1.29 is 17.0 Å². The van der Waals surface area contributed by atoms with Crippen molar-refractivity contribution in [3.63, 3.8) is 0 Å². The first kappa shape index (κ1) is 20.1. The number of benzene rings is 2. The van der Waals surface area contributed by atoms with Gasteiger partial charge in [-0.05, 0) is 49.3 Å². The molecule has 0 aliphatic carbocycles. The minimum atomic E-state index is 0. The molecule has 29 heavy (non-hydrogen) atoms. The van der Waals surface area contributed by atoms with Gasteiger partial charge in [-0.25, -0.2) is 0 Å². The van der Waals surface area contributed by atoms with Crippen molar-refractivity contribution in [1.29, 1.82) is 0 Å². The Hall–Kier alpha value is -2.16. The molecule has 3 fully saturated rings. The van der Waals surface area contributed by atoms with Crippen LogP contribution in [0.4, 0.5) is 0 Å². The van der Waals surface area contributed by atoms with Gasteiger partial charge in [-0.2, -0.15) is 4.57 Å². The highest BCUT2D eigenvalue weighted by Gasteiger charge is 2.38. The van der Waals surface area contributed by atoms with Gasteiger partial charge in [-0.3, -0.25) is 4.90 Å². The standard InChI is InChI=1S/C26H29N2.ClH/c1-2-21-19-27-14-12-22(21)16-24(27)17-23-13-15-28(18-20-8-4-3-5-9-20)26-11-7-6-10-25(23)26;/h2-11,13,15,21-22,24H,1,12,14,16-19H2;1H/q+1;/p-1/t21-,22-,24+;/m0./s1. The largest absolute Gasteiger partial charge is 1.00 e. The molecule has 3 heteroatoms. The lowest BCUT2D eigenvalue weighted by atomic mass is 9.74. The van der Waals surface area contributed by atoms with E-state index in [0.29, 0.717) is 12.0 Å². The Kier molecular flexibility index (Phi) is 6.03. The van der Waals surface area contributed by atoms with Crippen molar-refractivity contribution in [2.45, 2.75) is 31.8 Å². The number of hydrogen-bond acceptors (Lipinski definition) is 1. The fraction of sp³-hybridized carbons (Fsp3) is 0.346. The highest BCUT2D eigenvalue weighted by atomic mass is 35.5. The summed E-state index contributed by atoms with van der Waals surface area (Å²) in [6.07, 6.45) is 8.31. The zero-order chi connectivity index (χ0) is 18.9. The molecule has 4 heterocycles. The molecule has 2 bridgehead atoms. The number of aromatic nitrogens is 1. The van der Waals surface area contributed by atoms with Gasteiger partial charge >= 0.3 is 0 Å². The number of nitrogens with zero attached hydrogens (tertiary/aromatic N) is 2. The summed E-state index contributed by atoms with van der Waals surface area (Å²) in [5.41, 5.74) is 4.17. The summed E-state index contributed by atoms with van der Waals surface area (Å²) in [6.45, 7) is 7.45. The summed E-state index contributed by atoms with van der Waals surface area (Å²) in [6, 6.07) is 22.7. The number of hydrogen-bond donors (Lipinski definition) is 0. The van der Waals surface area contributed by atoms with Crippen LogP contribution >= 0.6 is 0 Å². The third kappa shape index (κ3) is 3.97. The molecule has 1 unspecified atom stereocenters. The maximum absolute atomic E-state index is 4.07. The van der Waals surface area contributed by atoms with Crippen LogP contribution in [0.5, 0.6) is 0 Å². The molecule has 3 saturated heterocycles. The van der Waals surface area contributed by atoms with Crippen molar-refractivity contribution in [1.82, 2.24) is 4.90 Å². The van der Waals surface area contributed by atoms with Crippen LogP contribution in [0.25, 0.3) is 10.9 Å². The quantitative estimate of drug-likeness (QED) is 0.463. The molecule has 3 aliphatic rings. The Balaban J connectivity index is 0.00000205. The normalized spacial score (nSPS) is 25.5. The highest BCUT2D eigenvalue weighted by molar-refractivity contribution is 5.79. The molecular weight excluding hydrogens is 376 g/mol. The first-order chi connectivity index (χ1) is 13.8. The summed E-state index contributed by atoms with van der Waals surface area (Å²) < 4.78 is 2.38. The molecule has 0 amide bonds. The molecule has 0 spiro atoms. The first-order valence-electron chi connectivity index (χ1n) is 10.6. The summed E-state index contributed by atoms with van der Waals surface area (Å²) in [4.78, 5) is 2.71. The number of fused-ring (bicyclic) bond motifs is 4. The molecule has 2 aromatic carbocycles. The average Bonchev–Trinajstić information content (AvgIpc) is 2.76. The van der Waals surface area contributed by atoms with Crippen LogP contribution in [-0.2, 0) is 13.0 Å². The Bertz CT molecular complexity index is 984. The van der Waals surface area contributed by atoms with Gasteiger partial charge in [-0.15, -0.1) is 6.58 Å². The third-order valence-corrected chi connectivity index (χ3v) is 6.90. The lowest BCUT2D eigenvalue weighted by Crippen LogP contribution is -3.00. The number of piperidine rings is 3. The smallest absolute Gasteiger partial charge is 0.213 e. The number of pyridine rings is 1. The predicted molar refractivity (Wildman–Crippen MR) is 115 cm³/mol. The van der Waals surface area contributed by atoms with E-state index >= 15 is 0 Å². The molecular formula is C26H29ClN2. The van der Waals surface area contributed by atoms with Gasteiger partial charge in [0.05, 0.1) is 0 Å². The molecule has 1 aromatic heterocycles. The summed E-state index contributed by atoms with van der Waals surface area (Å²) in [7, 11) is 0. The minimum Gasteiger partial charge on any atom is -1.00 e. The van der Waals surface area contributed by atoms with Crippen LogP contribution in [0.2, 0.25) is 0 Å². The minimum absolute atomic E-state index is 0. The Morgan fingerprint density at radius 3 is 2.59 bits per heavy atom.